The lowest BCUT2D eigenvalue weighted by atomic mass is 10.1. The summed E-state index contributed by atoms with van der Waals surface area (Å²) in [6.45, 7) is 2.01. The van der Waals surface area contributed by atoms with Crippen molar-refractivity contribution in [1.82, 2.24) is 0 Å². The number of para-hydroxylation sites is 1. The molecule has 2 aromatic rings. The maximum atomic E-state index is 12.4. The third-order valence-electron chi connectivity index (χ3n) is 3.05. The van der Waals surface area contributed by atoms with E-state index in [-0.39, 0.29) is 10.7 Å². The molecule has 1 amide bonds. The van der Waals surface area contributed by atoms with Crippen LogP contribution in [-0.2, 0) is 0 Å². The molecule has 110 valence electrons. The Morgan fingerprint density at radius 2 is 2.00 bits per heavy atom. The molecule has 0 bridgehead atoms. The summed E-state index contributed by atoms with van der Waals surface area (Å²) in [5.74, 6) is 0.216. The molecule has 1 N–H and O–H groups in total. The number of halogens is 2. The van der Waals surface area contributed by atoms with Gasteiger partial charge in [-0.1, -0.05) is 45.7 Å². The van der Waals surface area contributed by atoms with E-state index in [4.69, 9.17) is 16.3 Å². The first-order valence-electron chi connectivity index (χ1n) is 6.41. The lowest BCUT2D eigenvalue weighted by Gasteiger charge is -2.14. The minimum absolute atomic E-state index is 0.140. The molecular weight excluding hydrogens is 354 g/mol. The Labute approximate surface area is 137 Å². The number of rotatable bonds is 4. The highest BCUT2D eigenvalue weighted by Crippen LogP contribution is 2.30. The number of nitrogens with one attached hydrogen (secondary N) is 1. The minimum Gasteiger partial charge on any atom is -0.496 e. The molecular formula is C16H15BrClNO2. The summed E-state index contributed by atoms with van der Waals surface area (Å²) in [5, 5.41) is 3.44. The third kappa shape index (κ3) is 3.77. The highest BCUT2D eigenvalue weighted by Gasteiger charge is 2.15. The molecule has 0 aliphatic heterocycles. The predicted molar refractivity (Wildman–Crippen MR) is 89.7 cm³/mol. The van der Waals surface area contributed by atoms with Crippen LogP contribution in [0.25, 0.3) is 0 Å². The number of hydrogen-bond acceptors (Lipinski definition) is 2. The van der Waals surface area contributed by atoms with Crippen molar-refractivity contribution in [3.05, 3.63) is 58.6 Å². The Morgan fingerprint density at radius 3 is 2.67 bits per heavy atom. The highest BCUT2D eigenvalue weighted by atomic mass is 79.9. The SMILES string of the molecule is COc1cc(Cl)ccc1C(=O)Nc1ccccc1C(C)Br. The average Bonchev–Trinajstić information content (AvgIpc) is 2.47. The summed E-state index contributed by atoms with van der Waals surface area (Å²) in [5.41, 5.74) is 2.22. The van der Waals surface area contributed by atoms with Gasteiger partial charge in [0.2, 0.25) is 0 Å². The molecule has 2 aromatic carbocycles. The van der Waals surface area contributed by atoms with E-state index in [1.54, 1.807) is 18.2 Å². The van der Waals surface area contributed by atoms with Crippen molar-refractivity contribution in [3.63, 3.8) is 0 Å². The highest BCUT2D eigenvalue weighted by molar-refractivity contribution is 9.09. The zero-order valence-electron chi connectivity index (χ0n) is 11.7. The molecule has 0 aliphatic carbocycles. The number of carbonyl (C=O) groups is 1. The molecule has 1 atom stereocenters. The number of benzene rings is 2. The van der Waals surface area contributed by atoms with Gasteiger partial charge >= 0.3 is 0 Å². The normalized spacial score (nSPS) is 11.8. The second kappa shape index (κ2) is 6.96. The lowest BCUT2D eigenvalue weighted by Crippen LogP contribution is -2.14. The summed E-state index contributed by atoms with van der Waals surface area (Å²) < 4.78 is 5.21. The predicted octanol–water partition coefficient (Wildman–Crippen LogP) is 5.06. The Bertz CT molecular complexity index is 658. The number of anilines is 1. The Hall–Kier alpha value is -1.52. The van der Waals surface area contributed by atoms with Crippen LogP contribution in [-0.4, -0.2) is 13.0 Å². The van der Waals surface area contributed by atoms with Gasteiger partial charge in [-0.2, -0.15) is 0 Å². The van der Waals surface area contributed by atoms with E-state index in [1.165, 1.54) is 7.11 Å². The molecule has 0 saturated heterocycles. The molecule has 0 aromatic heterocycles. The van der Waals surface area contributed by atoms with E-state index in [2.05, 4.69) is 21.2 Å². The van der Waals surface area contributed by atoms with Crippen LogP contribution in [0.5, 0.6) is 5.75 Å². The van der Waals surface area contributed by atoms with Gasteiger partial charge in [0.1, 0.15) is 5.75 Å². The van der Waals surface area contributed by atoms with Crippen molar-refractivity contribution < 1.29 is 9.53 Å². The van der Waals surface area contributed by atoms with Crippen LogP contribution in [0.15, 0.2) is 42.5 Å². The van der Waals surface area contributed by atoms with Crippen molar-refractivity contribution in [2.75, 3.05) is 12.4 Å². The minimum atomic E-state index is -0.232. The van der Waals surface area contributed by atoms with Gasteiger partial charge in [0.25, 0.3) is 5.91 Å². The van der Waals surface area contributed by atoms with Crippen LogP contribution in [0, 0.1) is 0 Å². The van der Waals surface area contributed by atoms with Gasteiger partial charge in [0.05, 0.1) is 12.7 Å². The Morgan fingerprint density at radius 1 is 1.29 bits per heavy atom. The van der Waals surface area contributed by atoms with E-state index in [9.17, 15) is 4.79 Å². The van der Waals surface area contributed by atoms with E-state index in [1.807, 2.05) is 31.2 Å². The molecule has 3 nitrogen and oxygen atoms in total. The molecule has 0 saturated carbocycles. The van der Waals surface area contributed by atoms with E-state index in [0.717, 1.165) is 11.3 Å². The first kappa shape index (κ1) is 15.9. The molecule has 0 fully saturated rings. The van der Waals surface area contributed by atoms with Crippen LogP contribution in [0.3, 0.4) is 0 Å². The zero-order chi connectivity index (χ0) is 15.4. The van der Waals surface area contributed by atoms with Crippen LogP contribution in [0.4, 0.5) is 5.69 Å². The van der Waals surface area contributed by atoms with Crippen LogP contribution in [0.1, 0.15) is 27.7 Å². The van der Waals surface area contributed by atoms with Gasteiger partial charge in [-0.15, -0.1) is 0 Å². The van der Waals surface area contributed by atoms with Crippen LogP contribution >= 0.6 is 27.5 Å². The Kier molecular flexibility index (Phi) is 5.26. The molecule has 0 spiro atoms. The lowest BCUT2D eigenvalue weighted by molar-refractivity contribution is 0.102. The summed E-state index contributed by atoms with van der Waals surface area (Å²) >= 11 is 9.43. The zero-order valence-corrected chi connectivity index (χ0v) is 14.0. The van der Waals surface area contributed by atoms with Gasteiger partial charge in [-0.3, -0.25) is 4.79 Å². The monoisotopic (exact) mass is 367 g/mol. The summed E-state index contributed by atoms with van der Waals surface area (Å²) in [4.78, 5) is 12.6. The summed E-state index contributed by atoms with van der Waals surface area (Å²) in [6.07, 6.45) is 0. The van der Waals surface area contributed by atoms with Gasteiger partial charge < -0.3 is 10.1 Å². The molecule has 2 rings (SSSR count). The number of methoxy groups -OCH3 is 1. The van der Waals surface area contributed by atoms with E-state index < -0.39 is 0 Å². The smallest absolute Gasteiger partial charge is 0.259 e. The first-order chi connectivity index (χ1) is 10.0. The second-order valence-corrected chi connectivity index (χ2v) is 6.31. The number of carbonyl (C=O) groups excluding carboxylic acids is 1. The maximum Gasteiger partial charge on any atom is 0.259 e. The van der Waals surface area contributed by atoms with Gasteiger partial charge in [0.15, 0.2) is 0 Å². The van der Waals surface area contributed by atoms with Crippen molar-refractivity contribution >= 4 is 39.1 Å². The number of amides is 1. The van der Waals surface area contributed by atoms with E-state index in [0.29, 0.717) is 16.3 Å². The molecule has 0 radical (unpaired) electrons. The number of ether oxygens (including phenoxy) is 1. The molecule has 1 unspecified atom stereocenters. The molecule has 5 heteroatoms. The third-order valence-corrected chi connectivity index (χ3v) is 3.77. The Balaban J connectivity index is 2.31. The average molecular weight is 369 g/mol. The molecule has 0 aliphatic rings. The van der Waals surface area contributed by atoms with Crippen molar-refractivity contribution in [2.24, 2.45) is 0 Å². The molecule has 21 heavy (non-hydrogen) atoms. The van der Waals surface area contributed by atoms with Crippen LogP contribution in [0.2, 0.25) is 5.02 Å². The fraction of sp³-hybridized carbons (Fsp3) is 0.188. The number of hydrogen-bond donors (Lipinski definition) is 1. The standard InChI is InChI=1S/C16H15BrClNO2/c1-10(17)12-5-3-4-6-14(12)19-16(20)13-8-7-11(18)9-15(13)21-2/h3-10H,1-2H3,(H,19,20). The first-order valence-corrected chi connectivity index (χ1v) is 7.70. The van der Waals surface area contributed by atoms with Crippen LogP contribution < -0.4 is 10.1 Å². The molecule has 0 heterocycles. The van der Waals surface area contributed by atoms with Crippen molar-refractivity contribution in [2.45, 2.75) is 11.8 Å². The van der Waals surface area contributed by atoms with Gasteiger partial charge in [-0.05, 0) is 36.8 Å². The van der Waals surface area contributed by atoms with Gasteiger partial charge in [-0.25, -0.2) is 0 Å². The fourth-order valence-electron chi connectivity index (χ4n) is 2.00. The van der Waals surface area contributed by atoms with Crippen molar-refractivity contribution in [3.8, 4) is 5.75 Å². The summed E-state index contributed by atoms with van der Waals surface area (Å²) in [6, 6.07) is 12.6. The fourth-order valence-corrected chi connectivity index (χ4v) is 2.56. The quantitative estimate of drug-likeness (QED) is 0.766. The second-order valence-electron chi connectivity index (χ2n) is 4.50. The summed E-state index contributed by atoms with van der Waals surface area (Å²) in [7, 11) is 1.51. The topological polar surface area (TPSA) is 38.3 Å². The van der Waals surface area contributed by atoms with Gasteiger partial charge in [0, 0.05) is 15.5 Å². The van der Waals surface area contributed by atoms with E-state index >= 15 is 0 Å². The van der Waals surface area contributed by atoms with Crippen molar-refractivity contribution in [1.29, 1.82) is 0 Å². The largest absolute Gasteiger partial charge is 0.496 e. The maximum absolute atomic E-state index is 12.4. The number of alkyl halides is 1.